The second kappa shape index (κ2) is 11.2. The maximum absolute atomic E-state index is 10.4. The van der Waals surface area contributed by atoms with Crippen LogP contribution in [0.2, 0.25) is 0 Å². The standard InChI is InChI=1S/C21H46N2O3S2/c1-18(2,3)17(26)16(25)14-23-21(9,28-27)11-10-20(7,8)12-15(24)13-22-19(4,5)6/h15-17,22-27H,10-14H2,1-9H3/t15-,16?,17?,21?/m0/s1. The van der Waals surface area contributed by atoms with E-state index < -0.39 is 12.2 Å². The number of rotatable bonds is 12. The third kappa shape index (κ3) is 12.3. The molecule has 0 spiro atoms. The number of hydrogen-bond donors (Lipinski definition) is 6. The van der Waals surface area contributed by atoms with Gasteiger partial charge in [0.25, 0.3) is 0 Å². The molecule has 0 fully saturated rings. The van der Waals surface area contributed by atoms with Gasteiger partial charge in [-0.2, -0.15) is 0 Å². The van der Waals surface area contributed by atoms with E-state index in [0.717, 1.165) is 19.3 Å². The molecule has 0 aliphatic heterocycles. The van der Waals surface area contributed by atoms with Crippen molar-refractivity contribution in [1.29, 1.82) is 0 Å². The zero-order valence-electron chi connectivity index (χ0n) is 19.5. The molecule has 0 aromatic carbocycles. The molecule has 0 aliphatic rings. The highest BCUT2D eigenvalue weighted by molar-refractivity contribution is 8.69. The van der Waals surface area contributed by atoms with Crippen molar-refractivity contribution in [3.8, 4) is 0 Å². The van der Waals surface area contributed by atoms with E-state index in [1.807, 2.05) is 20.8 Å². The summed E-state index contributed by atoms with van der Waals surface area (Å²) in [6.45, 7) is 19.3. The summed E-state index contributed by atoms with van der Waals surface area (Å²) >= 11 is 4.43. The summed E-state index contributed by atoms with van der Waals surface area (Å²) in [5.41, 5.74) is -0.394. The Morgan fingerprint density at radius 3 is 1.79 bits per heavy atom. The maximum Gasteiger partial charge on any atom is 0.0928 e. The van der Waals surface area contributed by atoms with Gasteiger partial charge in [-0.05, 0) is 57.8 Å². The molecule has 4 atom stereocenters. The summed E-state index contributed by atoms with van der Waals surface area (Å²) in [4.78, 5) is -0.326. The Kier molecular flexibility index (Phi) is 11.4. The fourth-order valence-corrected chi connectivity index (χ4v) is 3.80. The van der Waals surface area contributed by atoms with E-state index in [1.54, 1.807) is 0 Å². The van der Waals surface area contributed by atoms with Crippen LogP contribution in [0.25, 0.3) is 0 Å². The average molecular weight is 439 g/mol. The summed E-state index contributed by atoms with van der Waals surface area (Å²) in [5.74, 6) is 0. The van der Waals surface area contributed by atoms with Crippen LogP contribution in [0.15, 0.2) is 0 Å². The summed E-state index contributed by atoms with van der Waals surface area (Å²) in [6.07, 6.45) is 0.449. The lowest BCUT2D eigenvalue weighted by Crippen LogP contribution is -2.49. The van der Waals surface area contributed by atoms with Gasteiger partial charge in [-0.3, -0.25) is 5.32 Å². The second-order valence-corrected chi connectivity index (χ2v) is 12.9. The van der Waals surface area contributed by atoms with Gasteiger partial charge in [0.05, 0.1) is 23.2 Å². The van der Waals surface area contributed by atoms with Gasteiger partial charge in [0.15, 0.2) is 0 Å². The predicted molar refractivity (Wildman–Crippen MR) is 126 cm³/mol. The molecule has 0 heterocycles. The fourth-order valence-electron chi connectivity index (χ4n) is 2.99. The van der Waals surface area contributed by atoms with E-state index >= 15 is 0 Å². The Hall–Kier alpha value is 0.500. The van der Waals surface area contributed by atoms with Crippen molar-refractivity contribution in [3.05, 3.63) is 0 Å². The SMILES string of the molecule is CC(C)(CCC(C)(NCC(O)C(O)C(C)(C)C)SS)C[C@H](O)CNC(C)(C)C. The monoisotopic (exact) mass is 438 g/mol. The van der Waals surface area contributed by atoms with Crippen LogP contribution < -0.4 is 10.6 Å². The smallest absolute Gasteiger partial charge is 0.0928 e. The molecule has 0 saturated carbocycles. The molecule has 0 aromatic heterocycles. The minimum absolute atomic E-state index is 0.00522. The number of nitrogens with one attached hydrogen (secondary N) is 2. The molecule has 5 N–H and O–H groups in total. The van der Waals surface area contributed by atoms with Crippen LogP contribution in [0, 0.1) is 10.8 Å². The van der Waals surface area contributed by atoms with Gasteiger partial charge in [0, 0.05) is 18.6 Å². The highest BCUT2D eigenvalue weighted by Crippen LogP contribution is 2.37. The first kappa shape index (κ1) is 28.5. The number of thiol groups is 1. The molecule has 0 rings (SSSR count). The van der Waals surface area contributed by atoms with E-state index in [0.29, 0.717) is 13.1 Å². The van der Waals surface area contributed by atoms with E-state index in [4.69, 9.17) is 0 Å². The predicted octanol–water partition coefficient (Wildman–Crippen LogP) is 3.58. The molecule has 7 heteroatoms. The Labute approximate surface area is 182 Å². The lowest BCUT2D eigenvalue weighted by atomic mass is 9.81. The minimum Gasteiger partial charge on any atom is -0.392 e. The molecule has 0 saturated heterocycles. The van der Waals surface area contributed by atoms with Crippen LogP contribution in [-0.4, -0.2) is 57.1 Å². The minimum atomic E-state index is -0.835. The van der Waals surface area contributed by atoms with Gasteiger partial charge in [-0.15, -0.1) is 11.7 Å². The van der Waals surface area contributed by atoms with Crippen LogP contribution in [-0.2, 0) is 0 Å². The number of aliphatic hydroxyl groups excluding tert-OH is 3. The molecule has 0 radical (unpaired) electrons. The normalized spacial score (nSPS) is 19.2. The largest absolute Gasteiger partial charge is 0.392 e. The third-order valence-electron chi connectivity index (χ3n) is 5.07. The molecular weight excluding hydrogens is 392 g/mol. The second-order valence-electron chi connectivity index (χ2n) is 11.2. The Morgan fingerprint density at radius 2 is 1.36 bits per heavy atom. The van der Waals surface area contributed by atoms with E-state index in [9.17, 15) is 15.3 Å². The summed E-state index contributed by atoms with van der Waals surface area (Å²) < 4.78 is 0. The van der Waals surface area contributed by atoms with Crippen molar-refractivity contribution in [3.63, 3.8) is 0 Å². The van der Waals surface area contributed by atoms with Crippen molar-refractivity contribution in [2.75, 3.05) is 13.1 Å². The van der Waals surface area contributed by atoms with Crippen molar-refractivity contribution < 1.29 is 15.3 Å². The van der Waals surface area contributed by atoms with Crippen molar-refractivity contribution >= 4 is 22.5 Å². The Balaban J connectivity index is 4.62. The van der Waals surface area contributed by atoms with Gasteiger partial charge in [-0.1, -0.05) is 45.4 Å². The molecule has 3 unspecified atom stereocenters. The first-order valence-corrected chi connectivity index (χ1v) is 12.1. The van der Waals surface area contributed by atoms with E-state index in [1.165, 1.54) is 10.8 Å². The highest BCUT2D eigenvalue weighted by atomic mass is 33.1. The number of β-amino-alcohol motifs (C(OH)–C–C–N with tert-alkyl or cyclic N) is 1. The molecule has 0 amide bonds. The molecule has 28 heavy (non-hydrogen) atoms. The summed E-state index contributed by atoms with van der Waals surface area (Å²) in [7, 11) is 1.42. The zero-order valence-corrected chi connectivity index (χ0v) is 21.2. The highest BCUT2D eigenvalue weighted by Gasteiger charge is 2.33. The van der Waals surface area contributed by atoms with Gasteiger partial charge >= 0.3 is 0 Å². The molecule has 5 nitrogen and oxygen atoms in total. The van der Waals surface area contributed by atoms with Crippen molar-refractivity contribution in [2.24, 2.45) is 10.8 Å². The van der Waals surface area contributed by atoms with Gasteiger partial charge < -0.3 is 20.6 Å². The van der Waals surface area contributed by atoms with Crippen LogP contribution in [0.4, 0.5) is 0 Å². The molecular formula is C21H46N2O3S2. The molecule has 170 valence electrons. The first-order valence-electron chi connectivity index (χ1n) is 10.3. The summed E-state index contributed by atoms with van der Waals surface area (Å²) in [6, 6.07) is 0. The van der Waals surface area contributed by atoms with Crippen LogP contribution in [0.5, 0.6) is 0 Å². The van der Waals surface area contributed by atoms with Gasteiger partial charge in [-0.25, -0.2) is 0 Å². The van der Waals surface area contributed by atoms with Crippen LogP contribution in [0.1, 0.15) is 81.6 Å². The van der Waals surface area contributed by atoms with E-state index in [-0.39, 0.29) is 27.3 Å². The Bertz CT molecular complexity index is 450. The van der Waals surface area contributed by atoms with Crippen molar-refractivity contribution in [2.45, 2.75) is 110 Å². The number of hydrogen-bond acceptors (Lipinski definition) is 7. The van der Waals surface area contributed by atoms with E-state index in [2.05, 4.69) is 63.8 Å². The lowest BCUT2D eigenvalue weighted by Gasteiger charge is -2.36. The van der Waals surface area contributed by atoms with Gasteiger partial charge in [0.1, 0.15) is 0 Å². The zero-order chi connectivity index (χ0) is 22.4. The summed E-state index contributed by atoms with van der Waals surface area (Å²) in [5, 5.41) is 37.7. The quantitative estimate of drug-likeness (QED) is 0.159. The molecule has 0 aromatic rings. The van der Waals surface area contributed by atoms with Gasteiger partial charge in [0.2, 0.25) is 0 Å². The first-order chi connectivity index (χ1) is 12.4. The number of aliphatic hydroxyl groups is 3. The maximum atomic E-state index is 10.4. The fraction of sp³-hybridized carbons (Fsp3) is 1.00. The molecule has 0 aliphatic carbocycles. The average Bonchev–Trinajstić information content (AvgIpc) is 2.53. The molecule has 0 bridgehead atoms. The van der Waals surface area contributed by atoms with Crippen LogP contribution >= 0.6 is 22.5 Å². The topological polar surface area (TPSA) is 84.8 Å². The van der Waals surface area contributed by atoms with Crippen LogP contribution in [0.3, 0.4) is 0 Å². The third-order valence-corrected chi connectivity index (χ3v) is 7.03. The van der Waals surface area contributed by atoms with Crippen molar-refractivity contribution in [1.82, 2.24) is 10.6 Å². The Morgan fingerprint density at radius 1 is 0.821 bits per heavy atom. The lowest BCUT2D eigenvalue weighted by molar-refractivity contribution is -0.0441.